The normalized spacial score (nSPS) is 24.4. The first kappa shape index (κ1) is 15.4. The van der Waals surface area contributed by atoms with Crippen LogP contribution in [0.3, 0.4) is 0 Å². The Bertz CT molecular complexity index is 429. The molecule has 2 N–H and O–H groups in total. The van der Waals surface area contributed by atoms with E-state index >= 15 is 0 Å². The number of rotatable bonds is 5. The van der Waals surface area contributed by atoms with Crippen LogP contribution in [0.15, 0.2) is 18.2 Å². The van der Waals surface area contributed by atoms with Crippen LogP contribution >= 0.6 is 0 Å². The molecule has 0 aliphatic heterocycles. The van der Waals surface area contributed by atoms with E-state index in [2.05, 4.69) is 32.0 Å². The van der Waals surface area contributed by atoms with Crippen LogP contribution in [0.1, 0.15) is 56.6 Å². The Kier molecular flexibility index (Phi) is 5.47. The van der Waals surface area contributed by atoms with E-state index < -0.39 is 0 Å². The SMILES string of the molecule is CCOc1ccc(C(CN)C2CCCCC2C)c(C)c1. The van der Waals surface area contributed by atoms with E-state index in [1.165, 1.54) is 36.8 Å². The Morgan fingerprint density at radius 2 is 2.05 bits per heavy atom. The van der Waals surface area contributed by atoms with Crippen molar-refractivity contribution in [2.24, 2.45) is 17.6 Å². The minimum atomic E-state index is 0.501. The fourth-order valence-electron chi connectivity index (χ4n) is 3.80. The second-order valence-electron chi connectivity index (χ2n) is 6.22. The fourth-order valence-corrected chi connectivity index (χ4v) is 3.80. The van der Waals surface area contributed by atoms with Gasteiger partial charge in [0.05, 0.1) is 6.61 Å². The summed E-state index contributed by atoms with van der Waals surface area (Å²) in [7, 11) is 0. The van der Waals surface area contributed by atoms with Crippen molar-refractivity contribution in [3.63, 3.8) is 0 Å². The van der Waals surface area contributed by atoms with E-state index in [4.69, 9.17) is 10.5 Å². The van der Waals surface area contributed by atoms with Crippen molar-refractivity contribution in [2.45, 2.75) is 52.4 Å². The van der Waals surface area contributed by atoms with E-state index in [-0.39, 0.29) is 0 Å². The summed E-state index contributed by atoms with van der Waals surface area (Å²) >= 11 is 0. The largest absolute Gasteiger partial charge is 0.494 e. The molecule has 3 unspecified atom stereocenters. The highest BCUT2D eigenvalue weighted by Gasteiger charge is 2.30. The van der Waals surface area contributed by atoms with Crippen LogP contribution in [-0.2, 0) is 0 Å². The molecular formula is C18H29NO. The van der Waals surface area contributed by atoms with E-state index in [0.29, 0.717) is 5.92 Å². The molecule has 2 rings (SSSR count). The van der Waals surface area contributed by atoms with Gasteiger partial charge in [0.25, 0.3) is 0 Å². The summed E-state index contributed by atoms with van der Waals surface area (Å²) in [5.41, 5.74) is 8.88. The molecule has 0 amide bonds. The van der Waals surface area contributed by atoms with Gasteiger partial charge >= 0.3 is 0 Å². The summed E-state index contributed by atoms with van der Waals surface area (Å²) in [5, 5.41) is 0. The van der Waals surface area contributed by atoms with Crippen LogP contribution in [-0.4, -0.2) is 13.2 Å². The second-order valence-corrected chi connectivity index (χ2v) is 6.22. The van der Waals surface area contributed by atoms with Crippen molar-refractivity contribution >= 4 is 0 Å². The Morgan fingerprint density at radius 1 is 1.30 bits per heavy atom. The van der Waals surface area contributed by atoms with Crippen molar-refractivity contribution in [3.8, 4) is 5.75 Å². The first-order chi connectivity index (χ1) is 9.67. The summed E-state index contributed by atoms with van der Waals surface area (Å²) in [4.78, 5) is 0. The van der Waals surface area contributed by atoms with Gasteiger partial charge in [-0.15, -0.1) is 0 Å². The van der Waals surface area contributed by atoms with E-state index in [1.807, 2.05) is 6.92 Å². The zero-order chi connectivity index (χ0) is 14.5. The smallest absolute Gasteiger partial charge is 0.119 e. The Balaban J connectivity index is 2.22. The molecule has 1 aromatic carbocycles. The third kappa shape index (κ3) is 3.35. The number of nitrogens with two attached hydrogens (primary N) is 1. The topological polar surface area (TPSA) is 35.2 Å². The fraction of sp³-hybridized carbons (Fsp3) is 0.667. The minimum absolute atomic E-state index is 0.501. The number of ether oxygens (including phenoxy) is 1. The first-order valence-electron chi connectivity index (χ1n) is 8.10. The molecule has 1 saturated carbocycles. The molecule has 0 heterocycles. The maximum Gasteiger partial charge on any atom is 0.119 e. The van der Waals surface area contributed by atoms with Crippen LogP contribution in [0, 0.1) is 18.8 Å². The van der Waals surface area contributed by atoms with Crippen LogP contribution in [0.4, 0.5) is 0 Å². The summed E-state index contributed by atoms with van der Waals surface area (Å²) in [6, 6.07) is 6.50. The number of aryl methyl sites for hydroxylation is 1. The van der Waals surface area contributed by atoms with Gasteiger partial charge in [-0.05, 0) is 67.8 Å². The Morgan fingerprint density at radius 3 is 2.65 bits per heavy atom. The molecule has 112 valence electrons. The summed E-state index contributed by atoms with van der Waals surface area (Å²) in [6.45, 7) is 8.09. The Labute approximate surface area is 123 Å². The molecule has 0 saturated heterocycles. The van der Waals surface area contributed by atoms with Crippen molar-refractivity contribution in [1.29, 1.82) is 0 Å². The van der Waals surface area contributed by atoms with E-state index in [1.54, 1.807) is 0 Å². The maximum atomic E-state index is 6.13. The highest BCUT2D eigenvalue weighted by molar-refractivity contribution is 5.37. The van der Waals surface area contributed by atoms with E-state index in [0.717, 1.165) is 30.7 Å². The lowest BCUT2D eigenvalue weighted by Gasteiger charge is -2.36. The summed E-state index contributed by atoms with van der Waals surface area (Å²) in [6.07, 6.45) is 5.44. The number of benzene rings is 1. The third-order valence-corrected chi connectivity index (χ3v) is 4.90. The molecule has 0 spiro atoms. The van der Waals surface area contributed by atoms with Gasteiger partial charge in [0.2, 0.25) is 0 Å². The zero-order valence-electron chi connectivity index (χ0n) is 13.2. The monoisotopic (exact) mass is 275 g/mol. The van der Waals surface area contributed by atoms with Crippen LogP contribution in [0.2, 0.25) is 0 Å². The summed E-state index contributed by atoms with van der Waals surface area (Å²) in [5.74, 6) is 3.01. The predicted molar refractivity (Wildman–Crippen MR) is 85.3 cm³/mol. The number of hydrogen-bond acceptors (Lipinski definition) is 2. The van der Waals surface area contributed by atoms with Gasteiger partial charge in [-0.25, -0.2) is 0 Å². The number of hydrogen-bond donors (Lipinski definition) is 1. The van der Waals surface area contributed by atoms with Gasteiger partial charge in [0.1, 0.15) is 5.75 Å². The van der Waals surface area contributed by atoms with Crippen LogP contribution in [0.5, 0.6) is 5.75 Å². The zero-order valence-corrected chi connectivity index (χ0v) is 13.2. The second kappa shape index (κ2) is 7.12. The minimum Gasteiger partial charge on any atom is -0.494 e. The molecule has 0 radical (unpaired) electrons. The molecule has 3 atom stereocenters. The van der Waals surface area contributed by atoms with E-state index in [9.17, 15) is 0 Å². The van der Waals surface area contributed by atoms with Crippen LogP contribution < -0.4 is 10.5 Å². The molecule has 0 bridgehead atoms. The molecule has 1 aromatic rings. The highest BCUT2D eigenvalue weighted by Crippen LogP contribution is 2.40. The maximum absolute atomic E-state index is 6.13. The average molecular weight is 275 g/mol. The van der Waals surface area contributed by atoms with Gasteiger partial charge in [-0.3, -0.25) is 0 Å². The van der Waals surface area contributed by atoms with Crippen LogP contribution in [0.25, 0.3) is 0 Å². The first-order valence-corrected chi connectivity index (χ1v) is 8.10. The quantitative estimate of drug-likeness (QED) is 0.871. The van der Waals surface area contributed by atoms with Gasteiger partial charge in [-0.2, -0.15) is 0 Å². The average Bonchev–Trinajstić information content (AvgIpc) is 2.44. The van der Waals surface area contributed by atoms with Crippen molar-refractivity contribution < 1.29 is 4.74 Å². The molecule has 1 aliphatic rings. The van der Waals surface area contributed by atoms with Crippen molar-refractivity contribution in [2.75, 3.05) is 13.2 Å². The highest BCUT2D eigenvalue weighted by atomic mass is 16.5. The lowest BCUT2D eigenvalue weighted by molar-refractivity contribution is 0.218. The molecule has 0 aromatic heterocycles. The van der Waals surface area contributed by atoms with Crippen molar-refractivity contribution in [3.05, 3.63) is 29.3 Å². The standard InChI is InChI=1S/C18H29NO/c1-4-20-15-9-10-17(14(3)11-15)18(12-19)16-8-6-5-7-13(16)2/h9-11,13,16,18H,4-8,12,19H2,1-3H3. The van der Waals surface area contributed by atoms with Gasteiger partial charge < -0.3 is 10.5 Å². The molecule has 2 nitrogen and oxygen atoms in total. The predicted octanol–water partition coefficient (Wildman–Crippen LogP) is 4.26. The van der Waals surface area contributed by atoms with Gasteiger partial charge in [-0.1, -0.05) is 32.3 Å². The molecule has 20 heavy (non-hydrogen) atoms. The third-order valence-electron chi connectivity index (χ3n) is 4.90. The lowest BCUT2D eigenvalue weighted by Crippen LogP contribution is -2.29. The van der Waals surface area contributed by atoms with Gasteiger partial charge in [0.15, 0.2) is 0 Å². The molecular weight excluding hydrogens is 246 g/mol. The summed E-state index contributed by atoms with van der Waals surface area (Å²) < 4.78 is 5.59. The molecule has 2 heteroatoms. The molecule has 1 fully saturated rings. The molecule has 1 aliphatic carbocycles. The Hall–Kier alpha value is -1.02. The lowest BCUT2D eigenvalue weighted by atomic mass is 9.70. The van der Waals surface area contributed by atoms with Gasteiger partial charge in [0, 0.05) is 0 Å². The van der Waals surface area contributed by atoms with Crippen molar-refractivity contribution in [1.82, 2.24) is 0 Å².